The number of primary amides is 1. The number of nitrogens with one attached hydrogen (secondary N) is 1. The lowest BCUT2D eigenvalue weighted by atomic mass is 10.6. The summed E-state index contributed by atoms with van der Waals surface area (Å²) in [5.74, 6) is -1.33. The van der Waals surface area contributed by atoms with Crippen LogP contribution in [-0.2, 0) is 4.79 Å². The van der Waals surface area contributed by atoms with E-state index in [0.29, 0.717) is 4.90 Å². The van der Waals surface area contributed by atoms with Gasteiger partial charge in [-0.2, -0.15) is 0 Å². The minimum Gasteiger partial charge on any atom is -0.369 e. The summed E-state index contributed by atoms with van der Waals surface area (Å²) < 4.78 is 0. The Morgan fingerprint density at radius 1 is 1.40 bits per heavy atom. The van der Waals surface area contributed by atoms with E-state index in [0.717, 1.165) is 6.92 Å². The third kappa shape index (κ3) is 1.73. The van der Waals surface area contributed by atoms with Crippen LogP contribution in [0.3, 0.4) is 0 Å². The summed E-state index contributed by atoms with van der Waals surface area (Å²) >= 11 is 0. The molecule has 0 bridgehead atoms. The second-order valence-corrected chi connectivity index (χ2v) is 1.58. The Balaban J connectivity index is 4.43. The van der Waals surface area contributed by atoms with Gasteiger partial charge in [0.05, 0.1) is 0 Å². The molecule has 56 valence electrons. The first-order valence-corrected chi connectivity index (χ1v) is 2.41. The maximum atomic E-state index is 10.4. The number of amides is 3. The summed E-state index contributed by atoms with van der Waals surface area (Å²) in [6.07, 6.45) is 0. The predicted octanol–water partition coefficient (Wildman–Crippen LogP) is -1.19. The minimum atomic E-state index is -1.04. The Morgan fingerprint density at radius 2 is 1.80 bits per heavy atom. The zero-order chi connectivity index (χ0) is 8.31. The molecule has 0 atom stereocenters. The molecule has 0 unspecified atom stereocenters. The Kier molecular flexibility index (Phi) is 2.36. The molecule has 0 saturated carbocycles. The van der Waals surface area contributed by atoms with Crippen molar-refractivity contribution in [1.29, 1.82) is 5.41 Å². The first-order valence-electron chi connectivity index (χ1n) is 2.41. The number of rotatable bonds is 0. The largest absolute Gasteiger partial charge is 0.369 e. The van der Waals surface area contributed by atoms with Gasteiger partial charge in [-0.25, -0.2) is 9.69 Å². The maximum Gasteiger partial charge on any atom is 0.328 e. The van der Waals surface area contributed by atoms with Gasteiger partial charge < -0.3 is 11.5 Å². The van der Waals surface area contributed by atoms with Crippen LogP contribution in [0.2, 0.25) is 0 Å². The van der Waals surface area contributed by atoms with Gasteiger partial charge in [0, 0.05) is 6.92 Å². The first kappa shape index (κ1) is 8.41. The van der Waals surface area contributed by atoms with Gasteiger partial charge in [-0.15, -0.1) is 0 Å². The van der Waals surface area contributed by atoms with Gasteiger partial charge in [0.1, 0.15) is 0 Å². The molecule has 0 aromatic heterocycles. The highest BCUT2D eigenvalue weighted by Crippen LogP contribution is 1.85. The molecule has 0 aliphatic heterocycles. The summed E-state index contributed by atoms with van der Waals surface area (Å²) in [7, 11) is 0. The van der Waals surface area contributed by atoms with Crippen molar-refractivity contribution in [2.24, 2.45) is 11.5 Å². The van der Waals surface area contributed by atoms with E-state index < -0.39 is 17.9 Å². The van der Waals surface area contributed by atoms with Crippen LogP contribution in [0.4, 0.5) is 4.79 Å². The van der Waals surface area contributed by atoms with Crippen molar-refractivity contribution >= 4 is 17.9 Å². The normalized spacial score (nSPS) is 8.50. The van der Waals surface area contributed by atoms with Gasteiger partial charge in [0.25, 0.3) is 0 Å². The number of hydrogen-bond acceptors (Lipinski definition) is 3. The van der Waals surface area contributed by atoms with Crippen molar-refractivity contribution in [1.82, 2.24) is 4.90 Å². The molecule has 3 amide bonds. The zero-order valence-corrected chi connectivity index (χ0v) is 5.42. The molecule has 0 rings (SSSR count). The molecule has 0 heterocycles. The monoisotopic (exact) mass is 144 g/mol. The molecule has 0 spiro atoms. The van der Waals surface area contributed by atoms with Crippen molar-refractivity contribution in [3.8, 4) is 0 Å². The lowest BCUT2D eigenvalue weighted by molar-refractivity contribution is -0.122. The number of nitrogens with zero attached hydrogens (tertiary/aromatic N) is 1. The molecule has 0 aliphatic carbocycles. The molecule has 6 nitrogen and oxygen atoms in total. The van der Waals surface area contributed by atoms with Crippen LogP contribution in [0.5, 0.6) is 0 Å². The van der Waals surface area contributed by atoms with Gasteiger partial charge >= 0.3 is 6.03 Å². The van der Waals surface area contributed by atoms with Gasteiger partial charge in [0.2, 0.25) is 11.9 Å². The second kappa shape index (κ2) is 2.81. The zero-order valence-electron chi connectivity index (χ0n) is 5.42. The SMILES string of the molecule is CC(=O)N(C(=N)N)C(N)=O. The van der Waals surface area contributed by atoms with Crippen molar-refractivity contribution in [2.75, 3.05) is 0 Å². The number of carbonyl (C=O) groups is 2. The molecule has 0 aromatic carbocycles. The molecule has 5 N–H and O–H groups in total. The fourth-order valence-electron chi connectivity index (χ4n) is 0.444. The van der Waals surface area contributed by atoms with Crippen molar-refractivity contribution < 1.29 is 9.59 Å². The van der Waals surface area contributed by atoms with Crippen LogP contribution in [0.1, 0.15) is 6.92 Å². The van der Waals surface area contributed by atoms with E-state index in [2.05, 4.69) is 5.73 Å². The molecule has 0 saturated heterocycles. The van der Waals surface area contributed by atoms with Gasteiger partial charge in [-0.05, 0) is 0 Å². The number of carbonyl (C=O) groups excluding carboxylic acids is 2. The molecule has 10 heavy (non-hydrogen) atoms. The van der Waals surface area contributed by atoms with E-state index in [1.54, 1.807) is 0 Å². The average molecular weight is 144 g/mol. The number of guanidine groups is 1. The smallest absolute Gasteiger partial charge is 0.328 e. The third-order valence-electron chi connectivity index (χ3n) is 0.776. The first-order chi connectivity index (χ1) is 4.46. The summed E-state index contributed by atoms with van der Waals surface area (Å²) in [6, 6.07) is -1.04. The summed E-state index contributed by atoms with van der Waals surface area (Å²) in [4.78, 5) is 21.1. The predicted molar refractivity (Wildman–Crippen MR) is 34.0 cm³/mol. The highest BCUT2D eigenvalue weighted by atomic mass is 16.2. The molecular weight excluding hydrogens is 136 g/mol. The van der Waals surface area contributed by atoms with Crippen molar-refractivity contribution in [3.63, 3.8) is 0 Å². The molecule has 6 heteroatoms. The number of nitrogens with two attached hydrogens (primary N) is 2. The quantitative estimate of drug-likeness (QED) is 0.293. The minimum absolute atomic E-state index is 0.361. The lowest BCUT2D eigenvalue weighted by Gasteiger charge is -2.12. The Bertz CT molecular complexity index is 154. The average Bonchev–Trinajstić information content (AvgIpc) is 1.59. The number of imide groups is 1. The van der Waals surface area contributed by atoms with Gasteiger partial charge in [-0.1, -0.05) is 0 Å². The molecular formula is C4H8N4O2. The van der Waals surface area contributed by atoms with E-state index >= 15 is 0 Å². The van der Waals surface area contributed by atoms with Crippen LogP contribution in [0, 0.1) is 5.41 Å². The number of hydrogen-bond donors (Lipinski definition) is 3. The van der Waals surface area contributed by atoms with Gasteiger partial charge in [0.15, 0.2) is 0 Å². The fraction of sp³-hybridized carbons (Fsp3) is 0.250. The van der Waals surface area contributed by atoms with E-state index in [4.69, 9.17) is 11.1 Å². The van der Waals surface area contributed by atoms with Crippen molar-refractivity contribution in [2.45, 2.75) is 6.92 Å². The molecule has 0 fully saturated rings. The Morgan fingerprint density at radius 3 is 1.80 bits per heavy atom. The molecule has 0 radical (unpaired) electrons. The summed E-state index contributed by atoms with van der Waals surface area (Å²) in [5.41, 5.74) is 9.51. The second-order valence-electron chi connectivity index (χ2n) is 1.58. The van der Waals surface area contributed by atoms with Crippen LogP contribution < -0.4 is 11.5 Å². The standard InChI is InChI=1S/C4H8N4O2/c1-2(9)8(3(5)6)4(7)10/h1H3,(H3,5,6)(H2,7,10). The highest BCUT2D eigenvalue weighted by molar-refractivity contribution is 6.08. The third-order valence-corrected chi connectivity index (χ3v) is 0.776. The van der Waals surface area contributed by atoms with E-state index in [1.165, 1.54) is 0 Å². The molecule has 0 aliphatic rings. The van der Waals surface area contributed by atoms with E-state index in [9.17, 15) is 9.59 Å². The van der Waals surface area contributed by atoms with Crippen molar-refractivity contribution in [3.05, 3.63) is 0 Å². The van der Waals surface area contributed by atoms with Crippen LogP contribution in [0.25, 0.3) is 0 Å². The summed E-state index contributed by atoms with van der Waals surface area (Å²) in [5, 5.41) is 6.69. The van der Waals surface area contributed by atoms with E-state index in [-0.39, 0.29) is 0 Å². The van der Waals surface area contributed by atoms with Crippen LogP contribution in [-0.4, -0.2) is 22.8 Å². The molecule has 0 aromatic rings. The fourth-order valence-corrected chi connectivity index (χ4v) is 0.444. The Labute approximate surface area is 57.3 Å². The van der Waals surface area contributed by atoms with Gasteiger partial charge in [-0.3, -0.25) is 10.2 Å². The summed E-state index contributed by atoms with van der Waals surface area (Å²) in [6.45, 7) is 1.09. The topological polar surface area (TPSA) is 113 Å². The number of urea groups is 1. The lowest BCUT2D eigenvalue weighted by Crippen LogP contribution is -2.47. The highest BCUT2D eigenvalue weighted by Gasteiger charge is 2.16. The Hall–Kier alpha value is -1.59. The van der Waals surface area contributed by atoms with E-state index in [1.807, 2.05) is 0 Å². The maximum absolute atomic E-state index is 10.4. The van der Waals surface area contributed by atoms with Crippen LogP contribution >= 0.6 is 0 Å². The van der Waals surface area contributed by atoms with Crippen LogP contribution in [0.15, 0.2) is 0 Å².